The maximum absolute atomic E-state index is 12.2. The van der Waals surface area contributed by atoms with Crippen LogP contribution in [0.5, 0.6) is 17.2 Å². The Kier molecular flexibility index (Phi) is 6.35. The van der Waals surface area contributed by atoms with E-state index in [1.807, 2.05) is 12.1 Å². The number of hydrogen-bond donors (Lipinski definition) is 2. The van der Waals surface area contributed by atoms with E-state index in [2.05, 4.69) is 18.7 Å². The number of carboxylic acids is 1. The Labute approximate surface area is 166 Å². The Hall–Kier alpha value is -1.99. The summed E-state index contributed by atoms with van der Waals surface area (Å²) in [5.41, 5.74) is -0.213. The summed E-state index contributed by atoms with van der Waals surface area (Å²) >= 11 is 0. The predicted molar refractivity (Wildman–Crippen MR) is 104 cm³/mol. The van der Waals surface area contributed by atoms with Crippen LogP contribution in [0.1, 0.15) is 38.7 Å². The zero-order valence-corrected chi connectivity index (χ0v) is 16.9. The van der Waals surface area contributed by atoms with Gasteiger partial charge >= 0.3 is 5.97 Å². The van der Waals surface area contributed by atoms with Gasteiger partial charge in [0.25, 0.3) is 0 Å². The van der Waals surface area contributed by atoms with Crippen LogP contribution in [-0.4, -0.2) is 60.6 Å². The third kappa shape index (κ3) is 4.20. The van der Waals surface area contributed by atoms with Crippen molar-refractivity contribution in [1.29, 1.82) is 0 Å². The summed E-state index contributed by atoms with van der Waals surface area (Å²) in [6, 6.07) is 3.74. The van der Waals surface area contributed by atoms with Gasteiger partial charge in [0.05, 0.1) is 13.2 Å². The molecule has 2 aliphatic rings. The number of likely N-dealkylation sites (tertiary alicyclic amines) is 1. The van der Waals surface area contributed by atoms with Crippen LogP contribution in [0.3, 0.4) is 0 Å². The molecule has 0 amide bonds. The highest BCUT2D eigenvalue weighted by molar-refractivity contribution is 5.76. The molecule has 0 aliphatic carbocycles. The Bertz CT molecular complexity index is 706. The minimum atomic E-state index is -1.14. The first kappa shape index (κ1) is 20.7. The number of aliphatic hydroxyl groups is 1. The maximum atomic E-state index is 12.2. The van der Waals surface area contributed by atoms with Crippen molar-refractivity contribution in [1.82, 2.24) is 4.90 Å². The van der Waals surface area contributed by atoms with Gasteiger partial charge in [0.1, 0.15) is 24.4 Å². The van der Waals surface area contributed by atoms with Crippen LogP contribution >= 0.6 is 0 Å². The van der Waals surface area contributed by atoms with E-state index in [0.29, 0.717) is 68.9 Å². The normalized spacial score (nSPS) is 25.0. The van der Waals surface area contributed by atoms with Crippen molar-refractivity contribution >= 4 is 5.97 Å². The largest absolute Gasteiger partial charge is 0.496 e. The van der Waals surface area contributed by atoms with Gasteiger partial charge in [-0.3, -0.25) is 9.69 Å². The van der Waals surface area contributed by atoms with Gasteiger partial charge in [0, 0.05) is 31.3 Å². The fraction of sp³-hybridized carbons (Fsp3) is 0.667. The molecule has 1 saturated heterocycles. The van der Waals surface area contributed by atoms with Crippen LogP contribution in [0.2, 0.25) is 0 Å². The van der Waals surface area contributed by atoms with Crippen molar-refractivity contribution < 1.29 is 29.2 Å². The molecule has 0 saturated carbocycles. The maximum Gasteiger partial charge on any atom is 0.313 e. The molecule has 156 valence electrons. The number of aliphatic hydroxyl groups excluding tert-OH is 1. The van der Waals surface area contributed by atoms with Crippen molar-refractivity contribution in [2.45, 2.75) is 45.8 Å². The molecular weight excluding hydrogens is 362 g/mol. The highest BCUT2D eigenvalue weighted by atomic mass is 16.6. The van der Waals surface area contributed by atoms with Crippen LogP contribution < -0.4 is 14.2 Å². The summed E-state index contributed by atoms with van der Waals surface area (Å²) in [5, 5.41) is 20.5. The lowest BCUT2D eigenvalue weighted by Crippen LogP contribution is -2.55. The van der Waals surface area contributed by atoms with E-state index in [1.54, 1.807) is 7.11 Å². The summed E-state index contributed by atoms with van der Waals surface area (Å²) in [5.74, 6) is 1.51. The van der Waals surface area contributed by atoms with Gasteiger partial charge in [-0.05, 0) is 31.2 Å². The summed E-state index contributed by atoms with van der Waals surface area (Å²) in [7, 11) is 1.61. The number of fused-ring (bicyclic) bond motifs is 1. The molecule has 0 unspecified atom stereocenters. The van der Waals surface area contributed by atoms with Crippen molar-refractivity contribution in [3.8, 4) is 17.2 Å². The summed E-state index contributed by atoms with van der Waals surface area (Å²) < 4.78 is 16.8. The van der Waals surface area contributed by atoms with Gasteiger partial charge in [0.15, 0.2) is 11.5 Å². The fourth-order valence-corrected chi connectivity index (χ4v) is 4.08. The quantitative estimate of drug-likeness (QED) is 0.736. The molecule has 0 radical (unpaired) electrons. The number of ether oxygens (including phenoxy) is 3. The van der Waals surface area contributed by atoms with Gasteiger partial charge in [-0.15, -0.1) is 0 Å². The van der Waals surface area contributed by atoms with Crippen molar-refractivity contribution in [2.24, 2.45) is 11.3 Å². The summed E-state index contributed by atoms with van der Waals surface area (Å²) in [4.78, 5) is 14.3. The number of benzene rings is 1. The average molecular weight is 393 g/mol. The molecule has 7 nitrogen and oxygen atoms in total. The molecular formula is C21H31NO6. The van der Waals surface area contributed by atoms with E-state index >= 15 is 0 Å². The third-order valence-corrected chi connectivity index (χ3v) is 5.80. The lowest BCUT2D eigenvalue weighted by atomic mass is 9.72. The second kappa shape index (κ2) is 8.57. The molecule has 1 fully saturated rings. The third-order valence-electron chi connectivity index (χ3n) is 5.80. The Morgan fingerprint density at radius 3 is 2.61 bits per heavy atom. The van der Waals surface area contributed by atoms with Gasteiger partial charge in [-0.1, -0.05) is 13.8 Å². The van der Waals surface area contributed by atoms with Crippen LogP contribution in [0.15, 0.2) is 12.1 Å². The molecule has 2 N–H and O–H groups in total. The molecule has 0 aromatic heterocycles. The highest BCUT2D eigenvalue weighted by Gasteiger charge is 2.48. The molecule has 1 aromatic carbocycles. The first-order valence-electron chi connectivity index (χ1n) is 9.96. The molecule has 2 atom stereocenters. The smallest absolute Gasteiger partial charge is 0.313 e. The Balaban J connectivity index is 1.81. The first-order valence-corrected chi connectivity index (χ1v) is 9.96. The average Bonchev–Trinajstić information content (AvgIpc) is 2.67. The Morgan fingerprint density at radius 2 is 2.00 bits per heavy atom. The Morgan fingerprint density at radius 1 is 1.32 bits per heavy atom. The fourth-order valence-electron chi connectivity index (χ4n) is 4.08. The zero-order valence-electron chi connectivity index (χ0n) is 16.9. The minimum Gasteiger partial charge on any atom is -0.496 e. The number of carboxylic acid groups (broad SMARTS) is 1. The number of aliphatic carboxylic acids is 1. The standard InChI is InChI=1S/C21H31NO6/c1-14(2)4-6-21(20(24)25)13-22(7-5-19(21)23)12-15-10-17-18(11-16(15)26-3)28-9-8-27-17/h10-11,14,19,23H,4-9,12-13H2,1-3H3,(H,24,25)/t19-,21-/m1/s1. The number of piperidine rings is 1. The summed E-state index contributed by atoms with van der Waals surface area (Å²) in [6.07, 6.45) is 0.847. The number of carbonyl (C=O) groups is 1. The van der Waals surface area contributed by atoms with E-state index in [0.717, 1.165) is 12.0 Å². The second-order valence-electron chi connectivity index (χ2n) is 8.22. The van der Waals surface area contributed by atoms with E-state index in [9.17, 15) is 15.0 Å². The first-order chi connectivity index (χ1) is 13.4. The molecule has 2 aliphatic heterocycles. The number of methoxy groups -OCH3 is 1. The van der Waals surface area contributed by atoms with Crippen LogP contribution in [0.4, 0.5) is 0 Å². The van der Waals surface area contributed by atoms with E-state index in [4.69, 9.17) is 14.2 Å². The van der Waals surface area contributed by atoms with Crippen LogP contribution in [0.25, 0.3) is 0 Å². The van der Waals surface area contributed by atoms with Gasteiger partial charge in [0.2, 0.25) is 0 Å². The van der Waals surface area contributed by atoms with Gasteiger partial charge < -0.3 is 24.4 Å². The second-order valence-corrected chi connectivity index (χ2v) is 8.22. The molecule has 0 spiro atoms. The molecule has 1 aromatic rings. The SMILES string of the molecule is COc1cc2c(cc1CN1CC[C@@H](O)[C@](CCC(C)C)(C(=O)O)C1)OCCO2. The molecule has 28 heavy (non-hydrogen) atoms. The number of hydrogen-bond acceptors (Lipinski definition) is 6. The predicted octanol–water partition coefficient (Wildman–Crippen LogP) is 2.54. The topological polar surface area (TPSA) is 88.5 Å². The van der Waals surface area contributed by atoms with Crippen molar-refractivity contribution in [2.75, 3.05) is 33.4 Å². The highest BCUT2D eigenvalue weighted by Crippen LogP contribution is 2.40. The van der Waals surface area contributed by atoms with Crippen LogP contribution in [0, 0.1) is 11.3 Å². The van der Waals surface area contributed by atoms with E-state index < -0.39 is 17.5 Å². The van der Waals surface area contributed by atoms with Crippen LogP contribution in [-0.2, 0) is 11.3 Å². The lowest BCUT2D eigenvalue weighted by Gasteiger charge is -2.44. The number of nitrogens with zero attached hydrogens (tertiary/aromatic N) is 1. The molecule has 3 rings (SSSR count). The molecule has 2 heterocycles. The van der Waals surface area contributed by atoms with E-state index in [-0.39, 0.29) is 0 Å². The van der Waals surface area contributed by atoms with Crippen molar-refractivity contribution in [3.63, 3.8) is 0 Å². The minimum absolute atomic E-state index is 0.313. The zero-order chi connectivity index (χ0) is 20.3. The van der Waals surface area contributed by atoms with Gasteiger partial charge in [-0.25, -0.2) is 0 Å². The van der Waals surface area contributed by atoms with Crippen molar-refractivity contribution in [3.05, 3.63) is 17.7 Å². The van der Waals surface area contributed by atoms with Gasteiger partial charge in [-0.2, -0.15) is 0 Å². The van der Waals surface area contributed by atoms with E-state index in [1.165, 1.54) is 0 Å². The number of rotatable bonds is 7. The summed E-state index contributed by atoms with van der Waals surface area (Å²) in [6.45, 7) is 6.64. The monoisotopic (exact) mass is 393 g/mol. The molecule has 7 heteroatoms. The molecule has 0 bridgehead atoms. The lowest BCUT2D eigenvalue weighted by molar-refractivity contribution is -0.165.